The van der Waals surface area contributed by atoms with E-state index in [2.05, 4.69) is 4.98 Å². The van der Waals surface area contributed by atoms with Crippen molar-refractivity contribution in [2.24, 2.45) is 5.92 Å². The zero-order valence-corrected chi connectivity index (χ0v) is 12.8. The molecule has 7 heteroatoms. The number of fused-ring (bicyclic) bond motifs is 1. The molecule has 2 saturated heterocycles. The van der Waals surface area contributed by atoms with Gasteiger partial charge in [-0.15, -0.1) is 0 Å². The Hall–Kier alpha value is -1.40. The molecule has 3 rings (SSSR count). The van der Waals surface area contributed by atoms with E-state index >= 15 is 0 Å². The van der Waals surface area contributed by atoms with Gasteiger partial charge in [0.2, 0.25) is 5.91 Å². The zero-order chi connectivity index (χ0) is 15.5. The standard InChI is InChI=1S/C15H18ClFN2O3/c16-11-4-12(6-18-5-11)21-9-13-3-10-7-19(8-14(10)22-13)15(20)1-2-17/h4-6,10,13-14H,1-3,7-9H2/t10-,13-,14+/m0/s1. The van der Waals surface area contributed by atoms with E-state index in [1.807, 2.05) is 0 Å². The smallest absolute Gasteiger partial charge is 0.225 e. The van der Waals surface area contributed by atoms with E-state index in [1.54, 1.807) is 23.4 Å². The molecule has 1 aromatic rings. The summed E-state index contributed by atoms with van der Waals surface area (Å²) >= 11 is 5.85. The summed E-state index contributed by atoms with van der Waals surface area (Å²) in [5.74, 6) is 0.806. The lowest BCUT2D eigenvalue weighted by atomic mass is 10.0. The Labute approximate surface area is 133 Å². The quantitative estimate of drug-likeness (QED) is 0.830. The minimum absolute atomic E-state index is 0.00686. The van der Waals surface area contributed by atoms with Crippen LogP contribution in [0.5, 0.6) is 5.75 Å². The topological polar surface area (TPSA) is 51.7 Å². The summed E-state index contributed by atoms with van der Waals surface area (Å²) in [6.45, 7) is 1.04. The van der Waals surface area contributed by atoms with E-state index in [4.69, 9.17) is 21.1 Å². The van der Waals surface area contributed by atoms with E-state index in [0.29, 0.717) is 36.4 Å². The second-order valence-corrected chi connectivity index (χ2v) is 6.12. The van der Waals surface area contributed by atoms with Crippen molar-refractivity contribution >= 4 is 17.5 Å². The molecule has 0 saturated carbocycles. The van der Waals surface area contributed by atoms with Crippen molar-refractivity contribution in [1.82, 2.24) is 9.88 Å². The first-order chi connectivity index (χ1) is 10.7. The Morgan fingerprint density at radius 2 is 2.36 bits per heavy atom. The predicted octanol–water partition coefficient (Wildman–Crippen LogP) is 2.09. The molecule has 5 nitrogen and oxygen atoms in total. The molecule has 2 fully saturated rings. The Balaban J connectivity index is 1.46. The summed E-state index contributed by atoms with van der Waals surface area (Å²) in [6, 6.07) is 1.71. The van der Waals surface area contributed by atoms with Crippen molar-refractivity contribution in [3.8, 4) is 5.75 Å². The average Bonchev–Trinajstić information content (AvgIpc) is 3.03. The minimum Gasteiger partial charge on any atom is -0.489 e. The highest BCUT2D eigenvalue weighted by atomic mass is 35.5. The van der Waals surface area contributed by atoms with Crippen LogP contribution in [0.25, 0.3) is 0 Å². The van der Waals surface area contributed by atoms with Crippen molar-refractivity contribution < 1.29 is 18.7 Å². The van der Waals surface area contributed by atoms with Gasteiger partial charge in [0.25, 0.3) is 0 Å². The highest BCUT2D eigenvalue weighted by Crippen LogP contribution is 2.33. The van der Waals surface area contributed by atoms with Crippen molar-refractivity contribution in [1.29, 1.82) is 0 Å². The van der Waals surface area contributed by atoms with Crippen molar-refractivity contribution in [2.75, 3.05) is 26.4 Å². The van der Waals surface area contributed by atoms with Gasteiger partial charge in [0.1, 0.15) is 12.4 Å². The number of halogens is 2. The van der Waals surface area contributed by atoms with Crippen LogP contribution in [0.4, 0.5) is 4.39 Å². The van der Waals surface area contributed by atoms with Crippen molar-refractivity contribution in [3.63, 3.8) is 0 Å². The van der Waals surface area contributed by atoms with Crippen LogP contribution in [0, 0.1) is 5.92 Å². The first kappa shape index (κ1) is 15.5. The third kappa shape index (κ3) is 3.50. The molecule has 0 radical (unpaired) electrons. The number of aromatic nitrogens is 1. The molecular weight excluding hydrogens is 311 g/mol. The largest absolute Gasteiger partial charge is 0.489 e. The van der Waals surface area contributed by atoms with Gasteiger partial charge in [0, 0.05) is 31.3 Å². The molecule has 0 N–H and O–H groups in total. The molecule has 0 unspecified atom stereocenters. The molecule has 3 atom stereocenters. The zero-order valence-electron chi connectivity index (χ0n) is 12.1. The van der Waals surface area contributed by atoms with E-state index in [9.17, 15) is 9.18 Å². The van der Waals surface area contributed by atoms with Crippen LogP contribution in [-0.4, -0.2) is 54.4 Å². The van der Waals surface area contributed by atoms with Gasteiger partial charge >= 0.3 is 0 Å². The van der Waals surface area contributed by atoms with Gasteiger partial charge in [-0.3, -0.25) is 14.2 Å². The number of hydrogen-bond acceptors (Lipinski definition) is 4. The van der Waals surface area contributed by atoms with Gasteiger partial charge in [-0.2, -0.15) is 0 Å². The maximum Gasteiger partial charge on any atom is 0.225 e. The third-order valence-corrected chi connectivity index (χ3v) is 4.30. The Kier molecular flexibility index (Phi) is 4.78. The number of carbonyl (C=O) groups is 1. The fraction of sp³-hybridized carbons (Fsp3) is 0.600. The summed E-state index contributed by atoms with van der Waals surface area (Å²) in [6.07, 6.45) is 4.01. The van der Waals surface area contributed by atoms with Crippen LogP contribution in [0.15, 0.2) is 18.5 Å². The molecule has 0 aromatic carbocycles. The molecule has 0 spiro atoms. The maximum atomic E-state index is 12.2. The lowest BCUT2D eigenvalue weighted by Crippen LogP contribution is -2.32. The predicted molar refractivity (Wildman–Crippen MR) is 78.7 cm³/mol. The molecule has 2 aliphatic rings. The van der Waals surface area contributed by atoms with Gasteiger partial charge in [0.05, 0.1) is 36.5 Å². The molecule has 22 heavy (non-hydrogen) atoms. The molecule has 1 amide bonds. The van der Waals surface area contributed by atoms with Crippen LogP contribution in [0.2, 0.25) is 5.02 Å². The first-order valence-electron chi connectivity index (χ1n) is 7.38. The second-order valence-electron chi connectivity index (χ2n) is 5.68. The first-order valence-corrected chi connectivity index (χ1v) is 7.76. The van der Waals surface area contributed by atoms with E-state index < -0.39 is 6.67 Å². The Bertz CT molecular complexity index is 531. The number of nitrogens with zero attached hydrogens (tertiary/aromatic N) is 2. The normalized spacial score (nSPS) is 27.0. The molecule has 0 aliphatic carbocycles. The average molecular weight is 329 g/mol. The van der Waals surface area contributed by atoms with E-state index in [0.717, 1.165) is 6.42 Å². The maximum absolute atomic E-state index is 12.2. The molecule has 1 aromatic heterocycles. The van der Waals surface area contributed by atoms with Gasteiger partial charge in [-0.1, -0.05) is 11.6 Å². The minimum atomic E-state index is -0.602. The highest BCUT2D eigenvalue weighted by Gasteiger charge is 2.43. The van der Waals surface area contributed by atoms with Crippen LogP contribution in [-0.2, 0) is 9.53 Å². The summed E-state index contributed by atoms with van der Waals surface area (Å²) in [7, 11) is 0. The number of alkyl halides is 1. The van der Waals surface area contributed by atoms with Gasteiger partial charge in [0.15, 0.2) is 0 Å². The number of carbonyl (C=O) groups excluding carboxylic acids is 1. The molecule has 120 valence electrons. The molecule has 3 heterocycles. The molecule has 0 bridgehead atoms. The summed E-state index contributed by atoms with van der Waals surface area (Å²) in [5.41, 5.74) is 0. The number of ether oxygens (including phenoxy) is 2. The fourth-order valence-electron chi connectivity index (χ4n) is 3.07. The van der Waals surface area contributed by atoms with Gasteiger partial charge < -0.3 is 14.4 Å². The van der Waals surface area contributed by atoms with Crippen LogP contribution in [0.3, 0.4) is 0 Å². The fourth-order valence-corrected chi connectivity index (χ4v) is 3.24. The van der Waals surface area contributed by atoms with Gasteiger partial charge in [-0.05, 0) is 6.42 Å². The third-order valence-electron chi connectivity index (χ3n) is 4.09. The molecular formula is C15H18ClFN2O3. The number of likely N-dealkylation sites (tertiary alicyclic amines) is 1. The van der Waals surface area contributed by atoms with Crippen molar-refractivity contribution in [3.05, 3.63) is 23.5 Å². The van der Waals surface area contributed by atoms with Crippen LogP contribution in [0.1, 0.15) is 12.8 Å². The van der Waals surface area contributed by atoms with E-state index in [1.165, 1.54) is 0 Å². The number of amides is 1. The molecule has 2 aliphatic heterocycles. The highest BCUT2D eigenvalue weighted by molar-refractivity contribution is 6.30. The number of hydrogen-bond donors (Lipinski definition) is 0. The second kappa shape index (κ2) is 6.79. The lowest BCUT2D eigenvalue weighted by molar-refractivity contribution is -0.131. The lowest BCUT2D eigenvalue weighted by Gasteiger charge is -2.19. The van der Waals surface area contributed by atoms with Crippen LogP contribution < -0.4 is 4.74 Å². The summed E-state index contributed by atoms with van der Waals surface area (Å²) in [5, 5.41) is 0.531. The van der Waals surface area contributed by atoms with Crippen molar-refractivity contribution in [2.45, 2.75) is 25.0 Å². The van der Waals surface area contributed by atoms with Crippen LogP contribution >= 0.6 is 11.6 Å². The SMILES string of the molecule is O=C(CCF)N1C[C@@H]2C[C@@H](COc3cncc(Cl)c3)O[C@@H]2C1. The summed E-state index contributed by atoms with van der Waals surface area (Å²) in [4.78, 5) is 17.3. The Morgan fingerprint density at radius 3 is 3.09 bits per heavy atom. The van der Waals surface area contributed by atoms with E-state index in [-0.39, 0.29) is 24.5 Å². The van der Waals surface area contributed by atoms with Gasteiger partial charge in [-0.25, -0.2) is 0 Å². The summed E-state index contributed by atoms with van der Waals surface area (Å²) < 4.78 is 23.8. The number of pyridine rings is 1. The number of rotatable bonds is 5. The Morgan fingerprint density at radius 1 is 1.50 bits per heavy atom. The monoisotopic (exact) mass is 328 g/mol.